The smallest absolute Gasteiger partial charge is 0.411 e. The lowest BCUT2D eigenvalue weighted by Gasteiger charge is -2.35. The number of ether oxygens (including phenoxy) is 2. The van der Waals surface area contributed by atoms with Crippen LogP contribution in [0.2, 0.25) is 4.34 Å². The van der Waals surface area contributed by atoms with Crippen molar-refractivity contribution in [1.29, 1.82) is 0 Å². The van der Waals surface area contributed by atoms with Crippen LogP contribution in [-0.4, -0.2) is 79.1 Å². The Bertz CT molecular complexity index is 1240. The van der Waals surface area contributed by atoms with Crippen molar-refractivity contribution in [3.05, 3.63) is 45.6 Å². The van der Waals surface area contributed by atoms with Gasteiger partial charge in [0.25, 0.3) is 17.7 Å². The molecule has 1 N–H and O–H groups in total. The molecule has 1 unspecified atom stereocenters. The summed E-state index contributed by atoms with van der Waals surface area (Å²) in [6, 6.07) is 9.85. The summed E-state index contributed by atoms with van der Waals surface area (Å²) in [4.78, 5) is 66.6. The minimum atomic E-state index is -0.750. The number of carbonyl (C=O) groups is 5. The highest BCUT2D eigenvalue weighted by atomic mass is 35.5. The number of rotatable bonds is 5. The van der Waals surface area contributed by atoms with Crippen LogP contribution in [0.5, 0.6) is 0 Å². The number of anilines is 2. The number of nitrogens with one attached hydrogen (secondary N) is 1. The zero-order chi connectivity index (χ0) is 27.6. The van der Waals surface area contributed by atoms with Crippen LogP contribution in [0.1, 0.15) is 30.4 Å². The molecule has 1 atom stereocenters. The molecule has 38 heavy (non-hydrogen) atoms. The second-order valence-corrected chi connectivity index (χ2v) is 11.5. The second-order valence-electron chi connectivity index (χ2n) is 9.78. The first kappa shape index (κ1) is 27.4. The molecule has 3 heterocycles. The SMILES string of the molecule is CC(C)(C)OC(=O)N1CC(=O)N(c2ccc(N3CC(=O)OC(CNC(=O)c4ccc(Cl)s4)C3)cc2)C(=O)C1. The molecular formula is C25H27ClN4O7S. The van der Waals surface area contributed by atoms with Crippen molar-refractivity contribution < 1.29 is 33.4 Å². The summed E-state index contributed by atoms with van der Waals surface area (Å²) in [6.45, 7) is 5.01. The van der Waals surface area contributed by atoms with Crippen molar-refractivity contribution in [2.45, 2.75) is 32.5 Å². The molecule has 0 radical (unpaired) electrons. The Labute approximate surface area is 228 Å². The minimum absolute atomic E-state index is 0.0107. The fourth-order valence-electron chi connectivity index (χ4n) is 3.98. The Balaban J connectivity index is 1.37. The standard InChI is InChI=1S/C25H27ClN4O7S/c1-25(2,3)37-24(35)29-12-20(31)30(21(32)13-29)16-6-4-15(5-7-16)28-11-17(36-22(33)14-28)10-27-23(34)18-8-9-19(26)38-18/h4-9,17H,10-14H2,1-3H3,(H,27,34). The maximum absolute atomic E-state index is 12.7. The van der Waals surface area contributed by atoms with Gasteiger partial charge in [-0.1, -0.05) is 11.6 Å². The number of nitrogens with zero attached hydrogens (tertiary/aromatic N) is 3. The topological polar surface area (TPSA) is 126 Å². The molecule has 0 spiro atoms. The van der Waals surface area contributed by atoms with Crippen LogP contribution in [0, 0.1) is 0 Å². The number of morpholine rings is 1. The van der Waals surface area contributed by atoms with Gasteiger partial charge in [-0.15, -0.1) is 11.3 Å². The molecule has 2 aliphatic rings. The van der Waals surface area contributed by atoms with E-state index < -0.39 is 35.6 Å². The van der Waals surface area contributed by atoms with Gasteiger partial charge in [0.1, 0.15) is 31.3 Å². The van der Waals surface area contributed by atoms with Gasteiger partial charge in [0, 0.05) is 5.69 Å². The number of cyclic esters (lactones) is 1. The number of hydrogen-bond acceptors (Lipinski definition) is 9. The number of benzene rings is 1. The van der Waals surface area contributed by atoms with E-state index in [0.717, 1.165) is 21.1 Å². The average Bonchev–Trinajstić information content (AvgIpc) is 3.27. The van der Waals surface area contributed by atoms with E-state index in [2.05, 4.69) is 5.32 Å². The highest BCUT2D eigenvalue weighted by molar-refractivity contribution is 7.18. The van der Waals surface area contributed by atoms with Crippen LogP contribution in [0.15, 0.2) is 36.4 Å². The van der Waals surface area contributed by atoms with Gasteiger partial charge in [-0.3, -0.25) is 24.1 Å². The van der Waals surface area contributed by atoms with Crippen molar-refractivity contribution in [2.75, 3.05) is 42.5 Å². The van der Waals surface area contributed by atoms with Crippen LogP contribution in [0.4, 0.5) is 16.2 Å². The molecule has 202 valence electrons. The number of imide groups is 1. The zero-order valence-corrected chi connectivity index (χ0v) is 22.6. The third-order valence-corrected chi connectivity index (χ3v) is 6.84. The molecule has 11 nitrogen and oxygen atoms in total. The lowest BCUT2D eigenvalue weighted by Crippen LogP contribution is -2.56. The monoisotopic (exact) mass is 562 g/mol. The lowest BCUT2D eigenvalue weighted by atomic mass is 10.2. The Morgan fingerprint density at radius 2 is 1.66 bits per heavy atom. The highest BCUT2D eigenvalue weighted by Crippen LogP contribution is 2.25. The van der Waals surface area contributed by atoms with Gasteiger partial charge < -0.3 is 19.7 Å². The molecule has 0 aliphatic carbocycles. The van der Waals surface area contributed by atoms with Gasteiger partial charge >= 0.3 is 12.1 Å². The summed E-state index contributed by atoms with van der Waals surface area (Å²) >= 11 is 7.03. The number of thiophene rings is 1. The molecule has 2 aliphatic heterocycles. The Morgan fingerprint density at radius 3 is 2.24 bits per heavy atom. The van der Waals surface area contributed by atoms with Crippen LogP contribution in [-0.2, 0) is 23.9 Å². The number of hydrogen-bond donors (Lipinski definition) is 1. The van der Waals surface area contributed by atoms with E-state index >= 15 is 0 Å². The van der Waals surface area contributed by atoms with E-state index in [1.807, 2.05) is 0 Å². The van der Waals surface area contributed by atoms with Gasteiger partial charge in [0.05, 0.1) is 28.0 Å². The van der Waals surface area contributed by atoms with Gasteiger partial charge in [-0.2, -0.15) is 0 Å². The highest BCUT2D eigenvalue weighted by Gasteiger charge is 2.36. The number of piperazine rings is 1. The molecular weight excluding hydrogens is 536 g/mol. The van der Waals surface area contributed by atoms with E-state index in [1.54, 1.807) is 62.1 Å². The van der Waals surface area contributed by atoms with Gasteiger partial charge in [0.2, 0.25) is 0 Å². The maximum atomic E-state index is 12.7. The predicted molar refractivity (Wildman–Crippen MR) is 140 cm³/mol. The van der Waals surface area contributed by atoms with E-state index in [4.69, 9.17) is 21.1 Å². The Kier molecular flexibility index (Phi) is 7.93. The molecule has 0 saturated carbocycles. The third-order valence-electron chi connectivity index (χ3n) is 5.61. The fraction of sp³-hybridized carbons (Fsp3) is 0.400. The summed E-state index contributed by atoms with van der Waals surface area (Å²) in [6.07, 6.45) is -1.30. The minimum Gasteiger partial charge on any atom is -0.457 e. The first-order valence-corrected chi connectivity index (χ1v) is 13.0. The van der Waals surface area contributed by atoms with E-state index in [9.17, 15) is 24.0 Å². The predicted octanol–water partition coefficient (Wildman–Crippen LogP) is 2.67. The largest absolute Gasteiger partial charge is 0.457 e. The summed E-state index contributed by atoms with van der Waals surface area (Å²) in [5, 5.41) is 2.75. The summed E-state index contributed by atoms with van der Waals surface area (Å²) in [5.41, 5.74) is 0.282. The number of esters is 1. The molecule has 4 rings (SSSR count). The van der Waals surface area contributed by atoms with Gasteiger partial charge in [0.15, 0.2) is 0 Å². The molecule has 2 fully saturated rings. The summed E-state index contributed by atoms with van der Waals surface area (Å²) in [7, 11) is 0. The van der Waals surface area contributed by atoms with Gasteiger partial charge in [-0.05, 0) is 57.2 Å². The van der Waals surface area contributed by atoms with Crippen LogP contribution in [0.25, 0.3) is 0 Å². The van der Waals surface area contributed by atoms with Gasteiger partial charge in [-0.25, -0.2) is 9.69 Å². The van der Waals surface area contributed by atoms with Crippen molar-refractivity contribution in [3.8, 4) is 0 Å². The molecule has 0 bridgehead atoms. The molecule has 4 amide bonds. The number of halogens is 1. The summed E-state index contributed by atoms with van der Waals surface area (Å²) < 4.78 is 11.1. The molecule has 1 aromatic heterocycles. The average molecular weight is 563 g/mol. The quantitative estimate of drug-likeness (QED) is 0.435. The number of carbonyl (C=O) groups excluding carboxylic acids is 5. The Hall–Kier alpha value is -3.64. The number of amides is 4. The first-order chi connectivity index (χ1) is 17.9. The van der Waals surface area contributed by atoms with E-state index in [-0.39, 0.29) is 32.1 Å². The Morgan fingerprint density at radius 1 is 1.03 bits per heavy atom. The van der Waals surface area contributed by atoms with Crippen LogP contribution in [0.3, 0.4) is 0 Å². The zero-order valence-electron chi connectivity index (χ0n) is 21.1. The van der Waals surface area contributed by atoms with Crippen molar-refractivity contribution in [1.82, 2.24) is 10.2 Å². The second kappa shape index (κ2) is 11.0. The molecule has 2 saturated heterocycles. The maximum Gasteiger partial charge on any atom is 0.411 e. The molecule has 13 heteroatoms. The molecule has 1 aromatic carbocycles. The lowest BCUT2D eigenvalue weighted by molar-refractivity contribution is -0.149. The third kappa shape index (κ3) is 6.62. The van der Waals surface area contributed by atoms with Crippen LogP contribution < -0.4 is 15.1 Å². The van der Waals surface area contributed by atoms with Crippen molar-refractivity contribution >= 4 is 64.1 Å². The fourth-order valence-corrected chi connectivity index (χ4v) is 4.94. The van der Waals surface area contributed by atoms with Crippen LogP contribution >= 0.6 is 22.9 Å². The molecule has 2 aromatic rings. The van der Waals surface area contributed by atoms with E-state index in [0.29, 0.717) is 27.1 Å². The van der Waals surface area contributed by atoms with Crippen molar-refractivity contribution in [3.63, 3.8) is 0 Å². The summed E-state index contributed by atoms with van der Waals surface area (Å²) in [5.74, 6) is -1.85. The normalized spacial score (nSPS) is 18.4. The van der Waals surface area contributed by atoms with Crippen molar-refractivity contribution in [2.24, 2.45) is 0 Å². The van der Waals surface area contributed by atoms with E-state index in [1.165, 1.54) is 0 Å². The first-order valence-electron chi connectivity index (χ1n) is 11.8.